The van der Waals surface area contributed by atoms with Gasteiger partial charge in [0.25, 0.3) is 0 Å². The molecule has 1 saturated heterocycles. The topological polar surface area (TPSA) is 29.3 Å². The van der Waals surface area contributed by atoms with E-state index in [4.69, 9.17) is 5.73 Å². The fraction of sp³-hybridized carbons (Fsp3) is 0.625. The molecule has 2 heteroatoms. The highest BCUT2D eigenvalue weighted by atomic mass is 15.1. The first kappa shape index (κ1) is 13.6. The average molecular weight is 246 g/mol. The Hall–Kier alpha value is -0.860. The lowest BCUT2D eigenvalue weighted by Crippen LogP contribution is -2.36. The molecule has 0 bridgehead atoms. The molecule has 0 aliphatic carbocycles. The SMILES string of the molecule is Cc1cc(CN)ccc1CN1CCC(C)(C)CC1. The van der Waals surface area contributed by atoms with Crippen molar-refractivity contribution in [1.29, 1.82) is 0 Å². The van der Waals surface area contributed by atoms with E-state index in [1.165, 1.54) is 42.6 Å². The van der Waals surface area contributed by atoms with Gasteiger partial charge >= 0.3 is 0 Å². The summed E-state index contributed by atoms with van der Waals surface area (Å²) in [4.78, 5) is 2.58. The van der Waals surface area contributed by atoms with Crippen LogP contribution in [0.25, 0.3) is 0 Å². The minimum Gasteiger partial charge on any atom is -0.326 e. The van der Waals surface area contributed by atoms with E-state index < -0.39 is 0 Å². The second-order valence-corrected chi connectivity index (χ2v) is 6.41. The Labute approximate surface area is 111 Å². The van der Waals surface area contributed by atoms with Crippen molar-refractivity contribution in [2.24, 2.45) is 11.1 Å². The Balaban J connectivity index is 1.98. The quantitative estimate of drug-likeness (QED) is 0.888. The number of hydrogen-bond acceptors (Lipinski definition) is 2. The van der Waals surface area contributed by atoms with Gasteiger partial charge in [-0.1, -0.05) is 32.0 Å². The van der Waals surface area contributed by atoms with Crippen LogP contribution in [0.2, 0.25) is 0 Å². The van der Waals surface area contributed by atoms with Crippen LogP contribution in [0.3, 0.4) is 0 Å². The molecular weight excluding hydrogens is 220 g/mol. The van der Waals surface area contributed by atoms with E-state index in [-0.39, 0.29) is 0 Å². The van der Waals surface area contributed by atoms with Gasteiger partial charge in [-0.05, 0) is 55.0 Å². The number of benzene rings is 1. The van der Waals surface area contributed by atoms with Crippen LogP contribution in [0.4, 0.5) is 0 Å². The van der Waals surface area contributed by atoms with E-state index in [0.29, 0.717) is 12.0 Å². The molecule has 0 unspecified atom stereocenters. The highest BCUT2D eigenvalue weighted by Crippen LogP contribution is 2.30. The number of aryl methyl sites for hydroxylation is 1. The van der Waals surface area contributed by atoms with Gasteiger partial charge in [0.2, 0.25) is 0 Å². The zero-order chi connectivity index (χ0) is 13.2. The molecule has 100 valence electrons. The maximum absolute atomic E-state index is 5.67. The molecule has 18 heavy (non-hydrogen) atoms. The summed E-state index contributed by atoms with van der Waals surface area (Å²) < 4.78 is 0. The largest absolute Gasteiger partial charge is 0.326 e. The van der Waals surface area contributed by atoms with Crippen LogP contribution in [0, 0.1) is 12.3 Å². The molecule has 0 spiro atoms. The van der Waals surface area contributed by atoms with Gasteiger partial charge in [-0.3, -0.25) is 4.90 Å². The summed E-state index contributed by atoms with van der Waals surface area (Å²) in [6.07, 6.45) is 2.62. The van der Waals surface area contributed by atoms with Crippen LogP contribution >= 0.6 is 0 Å². The first-order valence-corrected chi connectivity index (χ1v) is 7.01. The number of hydrogen-bond donors (Lipinski definition) is 1. The van der Waals surface area contributed by atoms with E-state index in [2.05, 4.69) is 43.9 Å². The van der Waals surface area contributed by atoms with Crippen molar-refractivity contribution in [3.63, 3.8) is 0 Å². The average Bonchev–Trinajstić information content (AvgIpc) is 2.34. The predicted molar refractivity (Wildman–Crippen MR) is 77.4 cm³/mol. The third kappa shape index (κ3) is 3.33. The van der Waals surface area contributed by atoms with Crippen LogP contribution in [0.1, 0.15) is 43.4 Å². The minimum atomic E-state index is 0.537. The van der Waals surface area contributed by atoms with E-state index >= 15 is 0 Å². The molecule has 1 heterocycles. The monoisotopic (exact) mass is 246 g/mol. The zero-order valence-electron chi connectivity index (χ0n) is 12.0. The molecule has 2 rings (SSSR count). The van der Waals surface area contributed by atoms with Gasteiger partial charge in [-0.25, -0.2) is 0 Å². The van der Waals surface area contributed by atoms with Gasteiger partial charge in [-0.2, -0.15) is 0 Å². The molecular formula is C16H26N2. The van der Waals surface area contributed by atoms with Gasteiger partial charge < -0.3 is 5.73 Å². The van der Waals surface area contributed by atoms with Crippen LogP contribution in [0.5, 0.6) is 0 Å². The number of piperidine rings is 1. The van der Waals surface area contributed by atoms with Crippen LogP contribution in [-0.4, -0.2) is 18.0 Å². The Bertz CT molecular complexity index is 400. The predicted octanol–water partition coefficient (Wildman–Crippen LogP) is 3.08. The summed E-state index contributed by atoms with van der Waals surface area (Å²) in [5, 5.41) is 0. The van der Waals surface area contributed by atoms with Crippen molar-refractivity contribution >= 4 is 0 Å². The standard InChI is InChI=1S/C16H26N2/c1-13-10-14(11-17)4-5-15(13)12-18-8-6-16(2,3)7-9-18/h4-5,10H,6-9,11-12,17H2,1-3H3. The molecule has 1 aromatic carbocycles. The normalized spacial score (nSPS) is 20.0. The second kappa shape index (κ2) is 5.41. The molecule has 1 aromatic rings. The number of nitrogens with two attached hydrogens (primary N) is 1. The van der Waals surface area contributed by atoms with E-state index in [1.54, 1.807) is 0 Å². The van der Waals surface area contributed by atoms with Gasteiger partial charge in [0, 0.05) is 13.1 Å². The third-order valence-electron chi connectivity index (χ3n) is 4.25. The molecule has 0 aromatic heterocycles. The van der Waals surface area contributed by atoms with Crippen LogP contribution in [-0.2, 0) is 13.1 Å². The van der Waals surface area contributed by atoms with Gasteiger partial charge in [-0.15, -0.1) is 0 Å². The van der Waals surface area contributed by atoms with E-state index in [1.807, 2.05) is 0 Å². The molecule has 0 amide bonds. The zero-order valence-corrected chi connectivity index (χ0v) is 12.0. The summed E-state index contributed by atoms with van der Waals surface area (Å²) in [5.74, 6) is 0. The van der Waals surface area contributed by atoms with E-state index in [9.17, 15) is 0 Å². The summed E-state index contributed by atoms with van der Waals surface area (Å²) in [5.41, 5.74) is 10.3. The number of likely N-dealkylation sites (tertiary alicyclic amines) is 1. The van der Waals surface area contributed by atoms with Crippen LogP contribution in [0.15, 0.2) is 18.2 Å². The van der Waals surface area contributed by atoms with Crippen molar-refractivity contribution in [1.82, 2.24) is 4.90 Å². The maximum atomic E-state index is 5.67. The molecule has 0 saturated carbocycles. The first-order valence-electron chi connectivity index (χ1n) is 7.01. The highest BCUT2D eigenvalue weighted by molar-refractivity contribution is 5.31. The lowest BCUT2D eigenvalue weighted by atomic mass is 9.82. The Morgan fingerprint density at radius 1 is 1.22 bits per heavy atom. The Morgan fingerprint density at radius 3 is 2.44 bits per heavy atom. The molecule has 0 atom stereocenters. The van der Waals surface area contributed by atoms with Crippen molar-refractivity contribution in [2.75, 3.05) is 13.1 Å². The van der Waals surface area contributed by atoms with Crippen LogP contribution < -0.4 is 5.73 Å². The summed E-state index contributed by atoms with van der Waals surface area (Å²) in [6, 6.07) is 6.64. The maximum Gasteiger partial charge on any atom is 0.0236 e. The summed E-state index contributed by atoms with van der Waals surface area (Å²) in [6.45, 7) is 11.1. The Morgan fingerprint density at radius 2 is 1.89 bits per heavy atom. The molecule has 1 fully saturated rings. The molecule has 1 aliphatic heterocycles. The smallest absolute Gasteiger partial charge is 0.0236 e. The number of rotatable bonds is 3. The minimum absolute atomic E-state index is 0.537. The van der Waals surface area contributed by atoms with Gasteiger partial charge in [0.15, 0.2) is 0 Å². The summed E-state index contributed by atoms with van der Waals surface area (Å²) in [7, 11) is 0. The summed E-state index contributed by atoms with van der Waals surface area (Å²) >= 11 is 0. The van der Waals surface area contributed by atoms with Gasteiger partial charge in [0.05, 0.1) is 0 Å². The molecule has 1 aliphatic rings. The molecule has 2 nitrogen and oxygen atoms in total. The van der Waals surface area contributed by atoms with E-state index in [0.717, 1.165) is 6.54 Å². The Kier molecular flexibility index (Phi) is 4.08. The third-order valence-corrected chi connectivity index (χ3v) is 4.25. The van der Waals surface area contributed by atoms with Crippen molar-refractivity contribution in [3.8, 4) is 0 Å². The molecule has 0 radical (unpaired) electrons. The van der Waals surface area contributed by atoms with Gasteiger partial charge in [0.1, 0.15) is 0 Å². The highest BCUT2D eigenvalue weighted by Gasteiger charge is 2.25. The lowest BCUT2D eigenvalue weighted by Gasteiger charge is -2.37. The van der Waals surface area contributed by atoms with Crippen molar-refractivity contribution in [2.45, 2.75) is 46.7 Å². The van der Waals surface area contributed by atoms with Crippen molar-refractivity contribution in [3.05, 3.63) is 34.9 Å². The fourth-order valence-electron chi connectivity index (χ4n) is 2.62. The lowest BCUT2D eigenvalue weighted by molar-refractivity contribution is 0.127. The van der Waals surface area contributed by atoms with Crippen molar-refractivity contribution < 1.29 is 0 Å². The fourth-order valence-corrected chi connectivity index (χ4v) is 2.62. The second-order valence-electron chi connectivity index (χ2n) is 6.41. The number of nitrogens with zero attached hydrogens (tertiary/aromatic N) is 1. The first-order chi connectivity index (χ1) is 8.50. The molecule has 2 N–H and O–H groups in total.